The minimum absolute atomic E-state index is 0.233. The highest BCUT2D eigenvalue weighted by atomic mass is 19.1. The van der Waals surface area contributed by atoms with E-state index in [9.17, 15) is 4.39 Å². The van der Waals surface area contributed by atoms with Gasteiger partial charge in [-0.25, -0.2) is 9.37 Å². The number of aromatic nitrogens is 1. The van der Waals surface area contributed by atoms with Gasteiger partial charge in [0.05, 0.1) is 13.2 Å². The molecule has 0 atom stereocenters. The van der Waals surface area contributed by atoms with Gasteiger partial charge in [-0.15, -0.1) is 0 Å². The van der Waals surface area contributed by atoms with Gasteiger partial charge in [0.2, 0.25) is 5.88 Å². The van der Waals surface area contributed by atoms with E-state index in [0.717, 1.165) is 11.1 Å². The summed E-state index contributed by atoms with van der Waals surface area (Å²) >= 11 is 0. The molecule has 0 saturated carbocycles. The molecule has 1 aliphatic rings. The molecule has 0 unspecified atom stereocenters. The van der Waals surface area contributed by atoms with Crippen molar-refractivity contribution < 1.29 is 18.6 Å². The summed E-state index contributed by atoms with van der Waals surface area (Å²) in [5, 5.41) is 0. The van der Waals surface area contributed by atoms with Gasteiger partial charge in [0.1, 0.15) is 12.4 Å². The maximum Gasteiger partial charge on any atom is 0.223 e. The quantitative estimate of drug-likeness (QED) is 0.644. The zero-order valence-corrected chi connectivity index (χ0v) is 16.1. The number of ether oxygens (including phenoxy) is 3. The molecule has 3 aromatic rings. The van der Waals surface area contributed by atoms with Crippen LogP contribution in [0.1, 0.15) is 11.1 Å². The van der Waals surface area contributed by atoms with Gasteiger partial charge >= 0.3 is 0 Å². The van der Waals surface area contributed by atoms with Crippen LogP contribution in [0.15, 0.2) is 66.9 Å². The Labute approximate surface area is 169 Å². The molecule has 0 fully saturated rings. The first kappa shape index (κ1) is 19.4. The molecular formula is C23H23FN2O3. The first-order valence-corrected chi connectivity index (χ1v) is 9.66. The van der Waals surface area contributed by atoms with Crippen LogP contribution < -0.4 is 9.47 Å². The SMILES string of the molecule is Fc1cccc(CN2CCOCCOc3ccccc3Oc3ncccc3C2)c1. The van der Waals surface area contributed by atoms with E-state index >= 15 is 0 Å². The van der Waals surface area contributed by atoms with Gasteiger partial charge in [0, 0.05) is 31.4 Å². The van der Waals surface area contributed by atoms with Crippen molar-refractivity contribution in [1.29, 1.82) is 0 Å². The smallest absolute Gasteiger partial charge is 0.223 e. The second-order valence-corrected chi connectivity index (χ2v) is 6.82. The summed E-state index contributed by atoms with van der Waals surface area (Å²) in [6.45, 7) is 3.36. The van der Waals surface area contributed by atoms with Crippen LogP contribution in [0.4, 0.5) is 4.39 Å². The van der Waals surface area contributed by atoms with Gasteiger partial charge < -0.3 is 14.2 Å². The lowest BCUT2D eigenvalue weighted by atomic mass is 10.2. The molecule has 29 heavy (non-hydrogen) atoms. The number of fused-ring (bicyclic) bond motifs is 2. The lowest BCUT2D eigenvalue weighted by Crippen LogP contribution is -2.27. The highest BCUT2D eigenvalue weighted by Crippen LogP contribution is 2.32. The van der Waals surface area contributed by atoms with E-state index < -0.39 is 0 Å². The molecular weight excluding hydrogens is 371 g/mol. The summed E-state index contributed by atoms with van der Waals surface area (Å²) in [6.07, 6.45) is 1.71. The number of para-hydroxylation sites is 2. The fourth-order valence-corrected chi connectivity index (χ4v) is 3.25. The summed E-state index contributed by atoms with van der Waals surface area (Å²) in [5.74, 6) is 1.57. The van der Waals surface area contributed by atoms with E-state index in [-0.39, 0.29) is 5.82 Å². The molecule has 0 spiro atoms. The van der Waals surface area contributed by atoms with Crippen molar-refractivity contribution in [2.24, 2.45) is 0 Å². The third-order valence-electron chi connectivity index (χ3n) is 4.63. The molecule has 0 aliphatic carbocycles. The Morgan fingerprint density at radius 2 is 1.83 bits per heavy atom. The lowest BCUT2D eigenvalue weighted by molar-refractivity contribution is 0.0761. The zero-order chi connectivity index (χ0) is 19.9. The number of halogens is 1. The molecule has 2 aromatic carbocycles. The molecule has 1 aromatic heterocycles. The number of hydrogen-bond donors (Lipinski definition) is 0. The first-order valence-electron chi connectivity index (χ1n) is 9.66. The Bertz CT molecular complexity index is 951. The molecule has 150 valence electrons. The molecule has 4 rings (SSSR count). The predicted molar refractivity (Wildman–Crippen MR) is 108 cm³/mol. The molecule has 0 amide bonds. The standard InChI is InChI=1S/C23H23FN2O3/c24-20-7-3-5-18(15-20)16-26-11-12-27-13-14-28-21-8-1-2-9-22(21)29-23-19(17-26)6-4-10-25-23/h1-10,15H,11-14,16-17H2. The van der Waals surface area contributed by atoms with Crippen LogP contribution >= 0.6 is 0 Å². The van der Waals surface area contributed by atoms with Crippen LogP contribution in [0.25, 0.3) is 0 Å². The maximum atomic E-state index is 13.6. The van der Waals surface area contributed by atoms with Crippen LogP contribution in [0, 0.1) is 5.82 Å². The van der Waals surface area contributed by atoms with Gasteiger partial charge in [-0.2, -0.15) is 0 Å². The largest absolute Gasteiger partial charge is 0.487 e. The lowest BCUT2D eigenvalue weighted by Gasteiger charge is -2.23. The van der Waals surface area contributed by atoms with Gasteiger partial charge in [-0.3, -0.25) is 4.90 Å². The number of benzene rings is 2. The van der Waals surface area contributed by atoms with Gasteiger partial charge in [0.25, 0.3) is 0 Å². The van der Waals surface area contributed by atoms with Crippen molar-refractivity contribution in [2.45, 2.75) is 13.1 Å². The van der Waals surface area contributed by atoms with E-state index in [1.165, 1.54) is 6.07 Å². The predicted octanol–water partition coefficient (Wildman–Crippen LogP) is 4.42. The average molecular weight is 394 g/mol. The van der Waals surface area contributed by atoms with Crippen molar-refractivity contribution in [2.75, 3.05) is 26.4 Å². The van der Waals surface area contributed by atoms with Crippen LogP contribution in [0.2, 0.25) is 0 Å². The average Bonchev–Trinajstić information content (AvgIpc) is 2.74. The van der Waals surface area contributed by atoms with E-state index in [1.54, 1.807) is 18.3 Å². The van der Waals surface area contributed by atoms with Crippen LogP contribution in [-0.4, -0.2) is 36.2 Å². The van der Waals surface area contributed by atoms with Gasteiger partial charge in [-0.05, 0) is 35.9 Å². The summed E-state index contributed by atoms with van der Waals surface area (Å²) in [6, 6.07) is 18.1. The Morgan fingerprint density at radius 1 is 0.931 bits per heavy atom. The van der Waals surface area contributed by atoms with Crippen molar-refractivity contribution in [3.63, 3.8) is 0 Å². The Morgan fingerprint density at radius 3 is 2.72 bits per heavy atom. The van der Waals surface area contributed by atoms with Gasteiger partial charge in [0.15, 0.2) is 11.5 Å². The zero-order valence-electron chi connectivity index (χ0n) is 16.1. The monoisotopic (exact) mass is 394 g/mol. The van der Waals surface area contributed by atoms with Crippen LogP contribution in [-0.2, 0) is 17.8 Å². The molecule has 0 radical (unpaired) electrons. The number of rotatable bonds is 2. The Balaban J connectivity index is 1.61. The molecule has 0 N–H and O–H groups in total. The van der Waals surface area contributed by atoms with E-state index in [2.05, 4.69) is 9.88 Å². The molecule has 5 nitrogen and oxygen atoms in total. The number of pyridine rings is 1. The third-order valence-corrected chi connectivity index (χ3v) is 4.63. The number of hydrogen-bond acceptors (Lipinski definition) is 5. The molecule has 1 aliphatic heterocycles. The summed E-state index contributed by atoms with van der Waals surface area (Å²) in [7, 11) is 0. The second kappa shape index (κ2) is 9.49. The van der Waals surface area contributed by atoms with Crippen molar-refractivity contribution >= 4 is 0 Å². The fourth-order valence-electron chi connectivity index (χ4n) is 3.25. The molecule has 0 bridgehead atoms. The summed E-state index contributed by atoms with van der Waals surface area (Å²) < 4.78 is 31.3. The second-order valence-electron chi connectivity index (χ2n) is 6.82. The molecule has 2 heterocycles. The Hall–Kier alpha value is -2.96. The van der Waals surface area contributed by atoms with Crippen molar-refractivity contribution in [3.8, 4) is 17.4 Å². The maximum absolute atomic E-state index is 13.6. The molecule has 0 saturated heterocycles. The van der Waals surface area contributed by atoms with Crippen molar-refractivity contribution in [3.05, 3.63) is 83.8 Å². The minimum atomic E-state index is -0.233. The van der Waals surface area contributed by atoms with Crippen LogP contribution in [0.5, 0.6) is 17.4 Å². The molecule has 6 heteroatoms. The highest BCUT2D eigenvalue weighted by molar-refractivity contribution is 5.43. The highest BCUT2D eigenvalue weighted by Gasteiger charge is 2.15. The van der Waals surface area contributed by atoms with Crippen molar-refractivity contribution in [1.82, 2.24) is 9.88 Å². The minimum Gasteiger partial charge on any atom is -0.487 e. The van der Waals surface area contributed by atoms with Crippen LogP contribution in [0.3, 0.4) is 0 Å². The topological polar surface area (TPSA) is 43.8 Å². The van der Waals surface area contributed by atoms with E-state index in [4.69, 9.17) is 14.2 Å². The Kier molecular flexibility index (Phi) is 6.34. The summed E-state index contributed by atoms with van der Waals surface area (Å²) in [4.78, 5) is 6.63. The normalized spacial score (nSPS) is 15.5. The van der Waals surface area contributed by atoms with E-state index in [1.807, 2.05) is 42.5 Å². The van der Waals surface area contributed by atoms with E-state index in [0.29, 0.717) is 56.8 Å². The summed E-state index contributed by atoms with van der Waals surface area (Å²) in [5.41, 5.74) is 1.85. The third kappa shape index (κ3) is 5.31. The number of nitrogens with zero attached hydrogens (tertiary/aromatic N) is 2. The fraction of sp³-hybridized carbons (Fsp3) is 0.261. The van der Waals surface area contributed by atoms with Gasteiger partial charge in [-0.1, -0.05) is 30.3 Å². The first-order chi connectivity index (χ1) is 14.3.